The molecule has 5 nitrogen and oxygen atoms in total. The van der Waals surface area contributed by atoms with Crippen molar-refractivity contribution in [1.82, 2.24) is 5.32 Å². The zero-order valence-corrected chi connectivity index (χ0v) is 15.3. The number of nitrogens with zero attached hydrogens (tertiary/aromatic N) is 1. The van der Waals surface area contributed by atoms with Crippen LogP contribution >= 0.6 is 23.2 Å². The molecule has 0 unspecified atom stereocenters. The Morgan fingerprint density at radius 2 is 1.70 bits per heavy atom. The zero-order chi connectivity index (χ0) is 19.0. The first-order chi connectivity index (χ1) is 13.0. The van der Waals surface area contributed by atoms with Crippen molar-refractivity contribution in [3.63, 3.8) is 0 Å². The van der Waals surface area contributed by atoms with E-state index in [1.54, 1.807) is 48.5 Å². The molecule has 0 atom stereocenters. The van der Waals surface area contributed by atoms with Crippen LogP contribution in [0.15, 0.2) is 70.8 Å². The second-order valence-corrected chi connectivity index (χ2v) is 6.69. The van der Waals surface area contributed by atoms with Gasteiger partial charge < -0.3 is 9.73 Å². The lowest BCUT2D eigenvalue weighted by Crippen LogP contribution is -2.30. The first kappa shape index (κ1) is 17.4. The number of amides is 3. The Balaban J connectivity index is 1.61. The highest BCUT2D eigenvalue weighted by Crippen LogP contribution is 2.27. The number of rotatable bonds is 3. The van der Waals surface area contributed by atoms with E-state index in [0.29, 0.717) is 27.3 Å². The third kappa shape index (κ3) is 3.47. The molecule has 134 valence electrons. The first-order valence-electron chi connectivity index (χ1n) is 8.00. The fourth-order valence-electron chi connectivity index (χ4n) is 2.73. The van der Waals surface area contributed by atoms with Crippen LogP contribution in [-0.4, -0.2) is 11.9 Å². The van der Waals surface area contributed by atoms with Crippen molar-refractivity contribution in [3.8, 4) is 11.3 Å². The third-order valence-electron chi connectivity index (χ3n) is 3.99. The molecule has 3 aromatic rings. The number of nitrogens with one attached hydrogen (secondary N) is 1. The Bertz CT molecular complexity index is 1070. The Hall–Kier alpha value is -3.02. The quantitative estimate of drug-likeness (QED) is 0.477. The molecule has 0 saturated carbocycles. The fourth-order valence-corrected chi connectivity index (χ4v) is 3.05. The first-order valence-corrected chi connectivity index (χ1v) is 8.75. The minimum absolute atomic E-state index is 0.127. The maximum Gasteiger partial charge on any atom is 0.333 e. The van der Waals surface area contributed by atoms with Crippen molar-refractivity contribution in [1.29, 1.82) is 0 Å². The van der Waals surface area contributed by atoms with Crippen molar-refractivity contribution in [3.05, 3.63) is 82.2 Å². The summed E-state index contributed by atoms with van der Waals surface area (Å²) in [5.41, 5.74) is 1.38. The summed E-state index contributed by atoms with van der Waals surface area (Å²) in [7, 11) is 0. The number of anilines is 1. The Morgan fingerprint density at radius 3 is 2.44 bits per heavy atom. The summed E-state index contributed by atoms with van der Waals surface area (Å²) < 4.78 is 5.75. The highest BCUT2D eigenvalue weighted by Gasteiger charge is 2.35. The molecule has 2 aromatic carbocycles. The summed E-state index contributed by atoms with van der Waals surface area (Å²) in [6.45, 7) is 0. The number of carbonyl (C=O) groups excluding carboxylic acids is 2. The van der Waals surface area contributed by atoms with Crippen LogP contribution in [0.5, 0.6) is 0 Å². The van der Waals surface area contributed by atoms with Gasteiger partial charge in [0.1, 0.15) is 17.2 Å². The summed E-state index contributed by atoms with van der Waals surface area (Å²) in [6, 6.07) is 16.6. The van der Waals surface area contributed by atoms with Gasteiger partial charge >= 0.3 is 6.03 Å². The van der Waals surface area contributed by atoms with Crippen molar-refractivity contribution in [2.45, 2.75) is 0 Å². The van der Waals surface area contributed by atoms with Crippen molar-refractivity contribution < 1.29 is 14.0 Å². The summed E-state index contributed by atoms with van der Waals surface area (Å²) in [5.74, 6) is 0.574. The highest BCUT2D eigenvalue weighted by atomic mass is 35.5. The molecule has 1 aliphatic rings. The SMILES string of the molecule is O=C1N/C(=C/c2ccc(-c3cccc(Cl)c3)o2)C(=O)N1c1ccc(Cl)cc1. The Morgan fingerprint density at radius 1 is 0.926 bits per heavy atom. The van der Waals surface area contributed by atoms with E-state index >= 15 is 0 Å². The van der Waals surface area contributed by atoms with Gasteiger partial charge in [-0.25, -0.2) is 9.69 Å². The van der Waals surface area contributed by atoms with Gasteiger partial charge in [-0.3, -0.25) is 4.79 Å². The zero-order valence-electron chi connectivity index (χ0n) is 13.8. The highest BCUT2D eigenvalue weighted by molar-refractivity contribution is 6.31. The second kappa shape index (κ2) is 6.95. The molecule has 1 fully saturated rings. The topological polar surface area (TPSA) is 62.6 Å². The van der Waals surface area contributed by atoms with Gasteiger partial charge in [-0.1, -0.05) is 35.3 Å². The van der Waals surface area contributed by atoms with E-state index in [1.807, 2.05) is 12.1 Å². The second-order valence-electron chi connectivity index (χ2n) is 5.82. The lowest BCUT2D eigenvalue weighted by Gasteiger charge is -2.11. The van der Waals surface area contributed by atoms with E-state index in [1.165, 1.54) is 6.08 Å². The van der Waals surface area contributed by atoms with Gasteiger partial charge in [0.05, 0.1) is 5.69 Å². The molecule has 0 bridgehead atoms. The Kier molecular flexibility index (Phi) is 4.48. The number of carbonyl (C=O) groups is 2. The average Bonchev–Trinajstić information content (AvgIpc) is 3.21. The average molecular weight is 399 g/mol. The largest absolute Gasteiger partial charge is 0.457 e. The molecule has 2 heterocycles. The monoisotopic (exact) mass is 398 g/mol. The van der Waals surface area contributed by atoms with Gasteiger partial charge in [0.2, 0.25) is 0 Å². The molecule has 27 heavy (non-hydrogen) atoms. The van der Waals surface area contributed by atoms with Crippen molar-refractivity contribution >= 4 is 46.9 Å². The summed E-state index contributed by atoms with van der Waals surface area (Å²) in [6.07, 6.45) is 1.49. The lowest BCUT2D eigenvalue weighted by molar-refractivity contribution is -0.113. The number of benzene rings is 2. The van der Waals surface area contributed by atoms with Crippen LogP contribution in [0.25, 0.3) is 17.4 Å². The van der Waals surface area contributed by atoms with E-state index in [2.05, 4.69) is 5.32 Å². The molecule has 0 spiro atoms. The maximum absolute atomic E-state index is 12.6. The van der Waals surface area contributed by atoms with Crippen LogP contribution in [-0.2, 0) is 4.79 Å². The number of imide groups is 1. The van der Waals surface area contributed by atoms with Gasteiger partial charge in [-0.2, -0.15) is 0 Å². The van der Waals surface area contributed by atoms with Gasteiger partial charge in [0.15, 0.2) is 0 Å². The van der Waals surface area contributed by atoms with Gasteiger partial charge in [0.25, 0.3) is 5.91 Å². The molecule has 0 aliphatic carbocycles. The predicted molar refractivity (Wildman–Crippen MR) is 105 cm³/mol. The molecule has 1 N–H and O–H groups in total. The van der Waals surface area contributed by atoms with Crippen LogP contribution in [0.4, 0.5) is 10.5 Å². The van der Waals surface area contributed by atoms with Crippen LogP contribution in [0.1, 0.15) is 5.76 Å². The number of urea groups is 1. The Labute approximate surface area is 164 Å². The van der Waals surface area contributed by atoms with Crippen molar-refractivity contribution in [2.75, 3.05) is 4.90 Å². The van der Waals surface area contributed by atoms with Gasteiger partial charge in [0, 0.05) is 21.7 Å². The smallest absolute Gasteiger partial charge is 0.333 e. The van der Waals surface area contributed by atoms with E-state index in [-0.39, 0.29) is 5.70 Å². The molecular weight excluding hydrogens is 387 g/mol. The van der Waals surface area contributed by atoms with Crippen molar-refractivity contribution in [2.24, 2.45) is 0 Å². The normalized spacial score (nSPS) is 15.5. The van der Waals surface area contributed by atoms with E-state index in [4.69, 9.17) is 27.6 Å². The van der Waals surface area contributed by atoms with Gasteiger partial charge in [-0.05, 0) is 48.5 Å². The van der Waals surface area contributed by atoms with E-state index < -0.39 is 11.9 Å². The molecule has 1 aromatic heterocycles. The summed E-state index contributed by atoms with van der Waals surface area (Å²) >= 11 is 11.9. The third-order valence-corrected chi connectivity index (χ3v) is 4.47. The number of hydrogen-bond donors (Lipinski definition) is 1. The molecular formula is C20H12Cl2N2O3. The summed E-state index contributed by atoms with van der Waals surface area (Å²) in [4.78, 5) is 25.9. The van der Waals surface area contributed by atoms with Crippen LogP contribution in [0.2, 0.25) is 10.0 Å². The lowest BCUT2D eigenvalue weighted by atomic mass is 10.2. The summed E-state index contributed by atoms with van der Waals surface area (Å²) in [5, 5.41) is 3.67. The molecule has 1 aliphatic heterocycles. The molecule has 7 heteroatoms. The molecule has 3 amide bonds. The number of halogens is 2. The van der Waals surface area contributed by atoms with Crippen LogP contribution in [0, 0.1) is 0 Å². The maximum atomic E-state index is 12.6. The van der Waals surface area contributed by atoms with Gasteiger partial charge in [-0.15, -0.1) is 0 Å². The minimum atomic E-state index is -0.532. The van der Waals surface area contributed by atoms with E-state index in [9.17, 15) is 9.59 Å². The standard InChI is InChI=1S/C20H12Cl2N2O3/c21-13-4-6-15(7-5-13)24-19(25)17(23-20(24)26)11-16-8-9-18(27-16)12-2-1-3-14(22)10-12/h1-11H,(H,23,26)/b17-11+. The minimum Gasteiger partial charge on any atom is -0.457 e. The number of hydrogen-bond acceptors (Lipinski definition) is 3. The van der Waals surface area contributed by atoms with Crippen LogP contribution < -0.4 is 10.2 Å². The molecule has 1 saturated heterocycles. The fraction of sp³-hybridized carbons (Fsp3) is 0. The van der Waals surface area contributed by atoms with E-state index in [0.717, 1.165) is 10.5 Å². The number of furan rings is 1. The predicted octanol–water partition coefficient (Wildman–Crippen LogP) is 5.35. The van der Waals surface area contributed by atoms with Crippen LogP contribution in [0.3, 0.4) is 0 Å². The molecule has 4 rings (SSSR count). The molecule has 0 radical (unpaired) electrons.